The Hall–Kier alpha value is -1.33. The number of hydrogen-bond acceptors (Lipinski definition) is 2. The van der Waals surface area contributed by atoms with Crippen molar-refractivity contribution in [2.45, 2.75) is 6.42 Å². The third-order valence-electron chi connectivity index (χ3n) is 2.27. The molecule has 0 aliphatic carbocycles. The van der Waals surface area contributed by atoms with Crippen molar-refractivity contribution in [2.24, 2.45) is 0 Å². The zero-order valence-corrected chi connectivity index (χ0v) is 8.79. The molecule has 1 aromatic carbocycles. The summed E-state index contributed by atoms with van der Waals surface area (Å²) in [6.07, 6.45) is 2.16. The first-order valence-corrected chi connectivity index (χ1v) is 6.17. The Morgan fingerprint density at radius 2 is 2.07 bits per heavy atom. The molecule has 0 fully saturated rings. The minimum Gasteiger partial charge on any atom is -0.361 e. The molecule has 5 heteroatoms. The van der Waals surface area contributed by atoms with E-state index >= 15 is 0 Å². The molecule has 0 unspecified atom stereocenters. The fourth-order valence-electron chi connectivity index (χ4n) is 1.51. The van der Waals surface area contributed by atoms with E-state index in [4.69, 9.17) is 4.55 Å². The lowest BCUT2D eigenvalue weighted by Gasteiger charge is -1.99. The van der Waals surface area contributed by atoms with Crippen LogP contribution < -0.4 is 0 Å². The van der Waals surface area contributed by atoms with Crippen LogP contribution in [0.5, 0.6) is 0 Å². The minimum atomic E-state index is -3.87. The van der Waals surface area contributed by atoms with Gasteiger partial charge >= 0.3 is 0 Å². The van der Waals surface area contributed by atoms with Crippen LogP contribution in [-0.4, -0.2) is 23.7 Å². The summed E-state index contributed by atoms with van der Waals surface area (Å²) >= 11 is 0. The van der Waals surface area contributed by atoms with E-state index in [1.54, 1.807) is 0 Å². The second-order valence-corrected chi connectivity index (χ2v) is 5.01. The average Bonchev–Trinajstić information content (AvgIpc) is 2.60. The second-order valence-electron chi connectivity index (χ2n) is 3.44. The highest BCUT2D eigenvalue weighted by Gasteiger charge is 2.05. The highest BCUT2D eigenvalue weighted by Crippen LogP contribution is 2.14. The molecular weight excluding hydrogens is 214 g/mol. The molecule has 0 atom stereocenters. The molecule has 4 nitrogen and oxygen atoms in total. The van der Waals surface area contributed by atoms with Crippen LogP contribution in [0.3, 0.4) is 0 Å². The lowest BCUT2D eigenvalue weighted by atomic mass is 10.1. The largest absolute Gasteiger partial charge is 0.361 e. The van der Waals surface area contributed by atoms with Crippen molar-refractivity contribution < 1.29 is 13.0 Å². The van der Waals surface area contributed by atoms with Gasteiger partial charge in [-0.3, -0.25) is 4.55 Å². The highest BCUT2D eigenvalue weighted by atomic mass is 32.2. The van der Waals surface area contributed by atoms with Gasteiger partial charge in [0.1, 0.15) is 0 Å². The third kappa shape index (κ3) is 2.57. The number of fused-ring (bicyclic) bond motifs is 1. The van der Waals surface area contributed by atoms with Gasteiger partial charge in [-0.25, -0.2) is 0 Å². The summed E-state index contributed by atoms with van der Waals surface area (Å²) in [4.78, 5) is 3.05. The molecule has 0 radical (unpaired) electrons. The molecular formula is C10H11NO3S. The van der Waals surface area contributed by atoms with Gasteiger partial charge in [0.15, 0.2) is 0 Å². The van der Waals surface area contributed by atoms with Crippen molar-refractivity contribution in [3.8, 4) is 0 Å². The molecule has 0 spiro atoms. The molecule has 1 heterocycles. The fraction of sp³-hybridized carbons (Fsp3) is 0.200. The number of H-pyrrole nitrogens is 1. The van der Waals surface area contributed by atoms with Crippen LogP contribution in [0.2, 0.25) is 0 Å². The van der Waals surface area contributed by atoms with Gasteiger partial charge in [-0.05, 0) is 35.6 Å². The van der Waals surface area contributed by atoms with E-state index in [1.807, 2.05) is 30.5 Å². The van der Waals surface area contributed by atoms with Crippen LogP contribution >= 0.6 is 0 Å². The molecule has 1 aromatic heterocycles. The zero-order valence-electron chi connectivity index (χ0n) is 7.97. The quantitative estimate of drug-likeness (QED) is 0.779. The van der Waals surface area contributed by atoms with Gasteiger partial charge in [-0.15, -0.1) is 0 Å². The summed E-state index contributed by atoms with van der Waals surface area (Å²) in [5, 5.41) is 1.04. The summed E-state index contributed by atoms with van der Waals surface area (Å²) in [5.41, 5.74) is 1.92. The number of nitrogens with one attached hydrogen (secondary N) is 1. The Balaban J connectivity index is 2.21. The molecule has 0 saturated heterocycles. The molecule has 80 valence electrons. The first-order valence-electron chi connectivity index (χ1n) is 4.56. The van der Waals surface area contributed by atoms with Crippen LogP contribution in [0.15, 0.2) is 30.5 Å². The van der Waals surface area contributed by atoms with Crippen LogP contribution in [0.1, 0.15) is 5.56 Å². The maximum absolute atomic E-state index is 10.6. The highest BCUT2D eigenvalue weighted by molar-refractivity contribution is 7.85. The van der Waals surface area contributed by atoms with Crippen molar-refractivity contribution in [1.29, 1.82) is 0 Å². The molecule has 0 bridgehead atoms. The number of aromatic nitrogens is 1. The van der Waals surface area contributed by atoms with E-state index in [1.165, 1.54) is 0 Å². The maximum atomic E-state index is 10.6. The van der Waals surface area contributed by atoms with Crippen LogP contribution in [0.25, 0.3) is 10.9 Å². The van der Waals surface area contributed by atoms with Gasteiger partial charge in [0.2, 0.25) is 0 Å². The lowest BCUT2D eigenvalue weighted by Crippen LogP contribution is -2.06. The Labute approximate surface area is 87.7 Å². The zero-order chi connectivity index (χ0) is 10.9. The first-order chi connectivity index (χ1) is 7.04. The van der Waals surface area contributed by atoms with Crippen molar-refractivity contribution in [3.63, 3.8) is 0 Å². The van der Waals surface area contributed by atoms with Crippen molar-refractivity contribution in [1.82, 2.24) is 4.98 Å². The molecule has 2 N–H and O–H groups in total. The first kappa shape index (κ1) is 10.2. The number of benzene rings is 1. The van der Waals surface area contributed by atoms with E-state index < -0.39 is 10.1 Å². The number of aromatic amines is 1. The summed E-state index contributed by atoms with van der Waals surface area (Å²) < 4.78 is 29.8. The topological polar surface area (TPSA) is 70.2 Å². The Morgan fingerprint density at radius 1 is 1.27 bits per heavy atom. The Bertz CT molecular complexity index is 571. The van der Waals surface area contributed by atoms with E-state index in [-0.39, 0.29) is 5.75 Å². The monoisotopic (exact) mass is 225 g/mol. The van der Waals surface area contributed by atoms with Gasteiger partial charge in [0, 0.05) is 11.7 Å². The SMILES string of the molecule is O=S(=O)(O)CCc1ccc2[nH]ccc2c1. The van der Waals surface area contributed by atoms with E-state index in [0.717, 1.165) is 16.5 Å². The lowest BCUT2D eigenvalue weighted by molar-refractivity contribution is 0.482. The average molecular weight is 225 g/mol. The molecule has 0 aliphatic heterocycles. The fourth-order valence-corrected chi connectivity index (χ4v) is 2.00. The molecule has 0 saturated carbocycles. The number of rotatable bonds is 3. The summed E-state index contributed by atoms with van der Waals surface area (Å²) in [7, 11) is -3.87. The predicted molar refractivity (Wildman–Crippen MR) is 58.4 cm³/mol. The summed E-state index contributed by atoms with van der Waals surface area (Å²) in [5.74, 6) is -0.233. The van der Waals surface area contributed by atoms with Gasteiger partial charge in [0.25, 0.3) is 10.1 Å². The van der Waals surface area contributed by atoms with E-state index in [0.29, 0.717) is 6.42 Å². The minimum absolute atomic E-state index is 0.233. The van der Waals surface area contributed by atoms with Crippen molar-refractivity contribution >= 4 is 21.0 Å². The Morgan fingerprint density at radius 3 is 2.80 bits per heavy atom. The molecule has 15 heavy (non-hydrogen) atoms. The van der Waals surface area contributed by atoms with Gasteiger partial charge in [-0.1, -0.05) is 6.07 Å². The summed E-state index contributed by atoms with van der Waals surface area (Å²) in [6.45, 7) is 0. The van der Waals surface area contributed by atoms with E-state index in [2.05, 4.69) is 4.98 Å². The molecule has 0 aliphatic rings. The number of hydrogen-bond donors (Lipinski definition) is 2. The van der Waals surface area contributed by atoms with Gasteiger partial charge in [0.05, 0.1) is 5.75 Å². The molecule has 0 amide bonds. The maximum Gasteiger partial charge on any atom is 0.265 e. The normalized spacial score (nSPS) is 12.1. The van der Waals surface area contributed by atoms with Crippen molar-refractivity contribution in [2.75, 3.05) is 5.75 Å². The van der Waals surface area contributed by atoms with Crippen LogP contribution in [-0.2, 0) is 16.5 Å². The second kappa shape index (κ2) is 3.67. The smallest absolute Gasteiger partial charge is 0.265 e. The van der Waals surface area contributed by atoms with Gasteiger partial charge in [-0.2, -0.15) is 8.42 Å². The van der Waals surface area contributed by atoms with Crippen LogP contribution in [0, 0.1) is 0 Å². The molecule has 2 aromatic rings. The van der Waals surface area contributed by atoms with E-state index in [9.17, 15) is 8.42 Å². The standard InChI is InChI=1S/C10H11NO3S/c12-15(13,14)6-4-8-1-2-10-9(7-8)3-5-11-10/h1-3,5,7,11H,4,6H2,(H,12,13,14). The molecule has 2 rings (SSSR count). The summed E-state index contributed by atoms with van der Waals surface area (Å²) in [6, 6.07) is 7.59. The number of aryl methyl sites for hydroxylation is 1. The predicted octanol–water partition coefficient (Wildman–Crippen LogP) is 1.60. The van der Waals surface area contributed by atoms with Crippen molar-refractivity contribution in [3.05, 3.63) is 36.0 Å². The Kier molecular flexibility index (Phi) is 2.50. The van der Waals surface area contributed by atoms with Crippen LogP contribution in [0.4, 0.5) is 0 Å². The van der Waals surface area contributed by atoms with Gasteiger partial charge < -0.3 is 4.98 Å². The third-order valence-corrected chi connectivity index (χ3v) is 2.99.